The third-order valence-corrected chi connectivity index (χ3v) is 3.03. The van der Waals surface area contributed by atoms with Crippen molar-refractivity contribution in [3.05, 3.63) is 53.7 Å². The number of nitrogens with one attached hydrogen (secondary N) is 1. The van der Waals surface area contributed by atoms with E-state index < -0.39 is 6.36 Å². The quantitative estimate of drug-likeness (QED) is 0.616. The second-order valence-corrected chi connectivity index (χ2v) is 4.92. The van der Waals surface area contributed by atoms with Crippen LogP contribution in [0.2, 0.25) is 0 Å². The molecule has 6 nitrogen and oxygen atoms in total. The lowest BCUT2D eigenvalue weighted by Gasteiger charge is -2.09. The second-order valence-electron chi connectivity index (χ2n) is 4.92. The first-order valence-corrected chi connectivity index (χ1v) is 7.24. The Hall–Kier alpha value is -2.97. The fraction of sp³-hybridized carbons (Fsp3) is 0.250. The van der Waals surface area contributed by atoms with E-state index in [0.29, 0.717) is 18.0 Å². The number of guanidine groups is 1. The number of benzene rings is 1. The van der Waals surface area contributed by atoms with Crippen molar-refractivity contribution in [2.45, 2.75) is 19.5 Å². The number of nitrogens with two attached hydrogens (primary N) is 1. The molecule has 0 saturated carbocycles. The van der Waals surface area contributed by atoms with Gasteiger partial charge in [0, 0.05) is 6.07 Å². The summed E-state index contributed by atoms with van der Waals surface area (Å²) in [4.78, 5) is 8.34. The van der Waals surface area contributed by atoms with Crippen molar-refractivity contribution in [1.82, 2.24) is 10.3 Å². The molecule has 0 aliphatic heterocycles. The lowest BCUT2D eigenvalue weighted by molar-refractivity contribution is -0.274. The van der Waals surface area contributed by atoms with Gasteiger partial charge in [-0.15, -0.1) is 13.2 Å². The van der Waals surface area contributed by atoms with Crippen LogP contribution in [0, 0.1) is 0 Å². The molecule has 25 heavy (non-hydrogen) atoms. The molecule has 0 fully saturated rings. The molecule has 0 atom stereocenters. The van der Waals surface area contributed by atoms with Crippen molar-refractivity contribution >= 4 is 5.96 Å². The van der Waals surface area contributed by atoms with Gasteiger partial charge in [0.25, 0.3) is 0 Å². The van der Waals surface area contributed by atoms with Gasteiger partial charge in [-0.05, 0) is 23.8 Å². The first-order valence-electron chi connectivity index (χ1n) is 7.24. The van der Waals surface area contributed by atoms with Crippen molar-refractivity contribution in [3.63, 3.8) is 0 Å². The van der Waals surface area contributed by atoms with Crippen molar-refractivity contribution in [2.24, 2.45) is 10.7 Å². The van der Waals surface area contributed by atoms with Crippen molar-refractivity contribution < 1.29 is 22.6 Å². The topological polar surface area (TPSA) is 81.8 Å². The Morgan fingerprint density at radius 2 is 1.92 bits per heavy atom. The molecule has 2 aromatic rings. The first-order chi connectivity index (χ1) is 11.9. The molecule has 0 bridgehead atoms. The molecule has 0 spiro atoms. The van der Waals surface area contributed by atoms with Crippen LogP contribution in [0.25, 0.3) is 0 Å². The molecule has 2 rings (SSSR count). The summed E-state index contributed by atoms with van der Waals surface area (Å²) < 4.78 is 45.1. The predicted octanol–water partition coefficient (Wildman–Crippen LogP) is 2.59. The van der Waals surface area contributed by atoms with Gasteiger partial charge in [0.1, 0.15) is 5.75 Å². The lowest BCUT2D eigenvalue weighted by atomic mass is 10.2. The van der Waals surface area contributed by atoms with Crippen LogP contribution in [-0.2, 0) is 13.1 Å². The molecule has 1 heterocycles. The van der Waals surface area contributed by atoms with E-state index in [0.717, 1.165) is 5.69 Å². The molecular formula is C16H17F3N4O2. The van der Waals surface area contributed by atoms with E-state index in [2.05, 4.69) is 20.0 Å². The maximum absolute atomic E-state index is 12.1. The average molecular weight is 354 g/mol. The first kappa shape index (κ1) is 18.4. The number of rotatable bonds is 6. The molecule has 134 valence electrons. The standard InChI is InChI=1S/C16H17F3N4O2/c1-24-14-4-2-3-12(23-14)10-22-15(20)21-9-11-5-7-13(8-6-11)25-16(17,18)19/h2-8H,9-10H2,1H3,(H3,20,21,22). The van der Waals surface area contributed by atoms with E-state index in [1.54, 1.807) is 12.1 Å². The normalized spacial score (nSPS) is 11.9. The highest BCUT2D eigenvalue weighted by atomic mass is 19.4. The predicted molar refractivity (Wildman–Crippen MR) is 86.1 cm³/mol. The lowest BCUT2D eigenvalue weighted by Crippen LogP contribution is -2.31. The summed E-state index contributed by atoms with van der Waals surface area (Å²) in [7, 11) is 1.53. The maximum Gasteiger partial charge on any atom is 0.573 e. The number of hydrogen-bond donors (Lipinski definition) is 2. The fourth-order valence-corrected chi connectivity index (χ4v) is 1.88. The minimum Gasteiger partial charge on any atom is -0.481 e. The summed E-state index contributed by atoms with van der Waals surface area (Å²) in [5, 5.41) is 2.90. The molecule has 9 heteroatoms. The summed E-state index contributed by atoms with van der Waals surface area (Å²) >= 11 is 0. The Morgan fingerprint density at radius 1 is 1.20 bits per heavy atom. The number of pyridine rings is 1. The summed E-state index contributed by atoms with van der Waals surface area (Å²) in [6.45, 7) is 0.585. The Balaban J connectivity index is 1.86. The highest BCUT2D eigenvalue weighted by molar-refractivity contribution is 5.77. The highest BCUT2D eigenvalue weighted by Crippen LogP contribution is 2.22. The van der Waals surface area contributed by atoms with Crippen molar-refractivity contribution in [1.29, 1.82) is 0 Å². The molecule has 1 aromatic carbocycles. The molecule has 0 saturated heterocycles. The molecule has 0 aliphatic carbocycles. The zero-order chi connectivity index (χ0) is 18.3. The van der Waals surface area contributed by atoms with Gasteiger partial charge in [-0.1, -0.05) is 18.2 Å². The number of methoxy groups -OCH3 is 1. The summed E-state index contributed by atoms with van der Waals surface area (Å²) in [6.07, 6.45) is -4.71. The third kappa shape index (κ3) is 6.58. The van der Waals surface area contributed by atoms with Crippen LogP contribution in [0.1, 0.15) is 11.3 Å². The van der Waals surface area contributed by atoms with Gasteiger partial charge < -0.3 is 20.5 Å². The van der Waals surface area contributed by atoms with E-state index in [1.165, 1.54) is 31.4 Å². The zero-order valence-corrected chi connectivity index (χ0v) is 13.4. The molecule has 0 amide bonds. The number of alkyl halides is 3. The van der Waals surface area contributed by atoms with E-state index in [4.69, 9.17) is 10.5 Å². The third-order valence-electron chi connectivity index (χ3n) is 3.03. The van der Waals surface area contributed by atoms with Gasteiger partial charge in [0.15, 0.2) is 5.96 Å². The Morgan fingerprint density at radius 3 is 2.56 bits per heavy atom. The molecule has 0 radical (unpaired) electrons. The summed E-state index contributed by atoms with van der Waals surface area (Å²) in [5.41, 5.74) is 7.18. The molecular weight excluding hydrogens is 337 g/mol. The maximum atomic E-state index is 12.1. The SMILES string of the molecule is COc1cccc(CNC(N)=NCc2ccc(OC(F)(F)F)cc2)n1. The number of ether oxygens (including phenoxy) is 2. The van der Waals surface area contributed by atoms with E-state index in [9.17, 15) is 13.2 Å². The average Bonchev–Trinajstić information content (AvgIpc) is 2.58. The van der Waals surface area contributed by atoms with Crippen LogP contribution in [0.3, 0.4) is 0 Å². The Labute approximate surface area is 142 Å². The number of aromatic nitrogens is 1. The van der Waals surface area contributed by atoms with E-state index in [-0.39, 0.29) is 18.3 Å². The van der Waals surface area contributed by atoms with Gasteiger partial charge in [-0.2, -0.15) is 0 Å². The number of hydrogen-bond acceptors (Lipinski definition) is 4. The molecule has 3 N–H and O–H groups in total. The van der Waals surface area contributed by atoms with Gasteiger partial charge in [0.2, 0.25) is 5.88 Å². The minimum atomic E-state index is -4.71. The highest BCUT2D eigenvalue weighted by Gasteiger charge is 2.30. The van der Waals surface area contributed by atoms with Crippen LogP contribution in [0.5, 0.6) is 11.6 Å². The molecule has 0 aliphatic rings. The number of nitrogens with zero attached hydrogens (tertiary/aromatic N) is 2. The van der Waals surface area contributed by atoms with Crippen LogP contribution in [0.15, 0.2) is 47.5 Å². The van der Waals surface area contributed by atoms with Crippen molar-refractivity contribution in [2.75, 3.05) is 7.11 Å². The van der Waals surface area contributed by atoms with Crippen LogP contribution in [0.4, 0.5) is 13.2 Å². The summed E-state index contributed by atoms with van der Waals surface area (Å²) in [5.74, 6) is 0.409. The van der Waals surface area contributed by atoms with Gasteiger partial charge in [-0.3, -0.25) is 0 Å². The summed E-state index contributed by atoms with van der Waals surface area (Å²) in [6, 6.07) is 10.8. The largest absolute Gasteiger partial charge is 0.573 e. The van der Waals surface area contributed by atoms with Crippen molar-refractivity contribution in [3.8, 4) is 11.6 Å². The van der Waals surface area contributed by atoms with Crippen LogP contribution in [-0.4, -0.2) is 24.4 Å². The van der Waals surface area contributed by atoms with Crippen LogP contribution >= 0.6 is 0 Å². The Bertz CT molecular complexity index is 718. The Kier molecular flexibility index (Phi) is 6.04. The van der Waals surface area contributed by atoms with Gasteiger partial charge in [-0.25, -0.2) is 9.98 Å². The van der Waals surface area contributed by atoms with Gasteiger partial charge in [0.05, 0.1) is 25.9 Å². The smallest absolute Gasteiger partial charge is 0.481 e. The van der Waals surface area contributed by atoms with E-state index >= 15 is 0 Å². The minimum absolute atomic E-state index is 0.195. The molecule has 1 aromatic heterocycles. The zero-order valence-electron chi connectivity index (χ0n) is 13.4. The molecule has 0 unspecified atom stereocenters. The van der Waals surface area contributed by atoms with Crippen LogP contribution < -0.4 is 20.5 Å². The van der Waals surface area contributed by atoms with E-state index in [1.807, 2.05) is 6.07 Å². The number of aliphatic imine (C=N–C) groups is 1. The second kappa shape index (κ2) is 8.22. The monoisotopic (exact) mass is 354 g/mol. The number of halogens is 3. The van der Waals surface area contributed by atoms with Gasteiger partial charge >= 0.3 is 6.36 Å². The fourth-order valence-electron chi connectivity index (χ4n) is 1.88.